The third-order valence-corrected chi connectivity index (χ3v) is 3.51. The lowest BCUT2D eigenvalue weighted by Gasteiger charge is -2.19. The van der Waals surface area contributed by atoms with Crippen LogP contribution in [-0.2, 0) is 5.41 Å². The molecule has 0 saturated heterocycles. The van der Waals surface area contributed by atoms with Crippen LogP contribution in [0.5, 0.6) is 0 Å². The second-order valence-corrected chi connectivity index (χ2v) is 6.05. The molecule has 0 fully saturated rings. The highest BCUT2D eigenvalue weighted by Crippen LogP contribution is 2.27. The summed E-state index contributed by atoms with van der Waals surface area (Å²) in [6.07, 6.45) is 0. The van der Waals surface area contributed by atoms with E-state index in [9.17, 15) is 4.79 Å². The quantitative estimate of drug-likeness (QED) is 0.722. The van der Waals surface area contributed by atoms with Crippen molar-refractivity contribution in [2.45, 2.75) is 26.2 Å². The van der Waals surface area contributed by atoms with Gasteiger partial charge in [-0.15, -0.1) is 0 Å². The summed E-state index contributed by atoms with van der Waals surface area (Å²) in [5.41, 5.74) is 4.92. The van der Waals surface area contributed by atoms with Crippen molar-refractivity contribution in [3.8, 4) is 11.1 Å². The lowest BCUT2D eigenvalue weighted by Crippen LogP contribution is -2.10. The molecule has 0 saturated carbocycles. The molecule has 1 N–H and O–H groups in total. The van der Waals surface area contributed by atoms with E-state index in [0.29, 0.717) is 5.58 Å². The monoisotopic (exact) mass is 267 g/mol. The van der Waals surface area contributed by atoms with Crippen molar-refractivity contribution in [3.63, 3.8) is 0 Å². The molecule has 0 spiro atoms. The Bertz CT molecular complexity index is 801. The molecule has 102 valence electrons. The summed E-state index contributed by atoms with van der Waals surface area (Å²) >= 11 is 0. The van der Waals surface area contributed by atoms with Gasteiger partial charge in [0.15, 0.2) is 5.58 Å². The number of fused-ring (bicyclic) bond motifs is 1. The maximum absolute atomic E-state index is 11.2. The summed E-state index contributed by atoms with van der Waals surface area (Å²) in [4.78, 5) is 13.8. The van der Waals surface area contributed by atoms with Gasteiger partial charge >= 0.3 is 5.76 Å². The van der Waals surface area contributed by atoms with Crippen LogP contribution in [0.15, 0.2) is 51.7 Å². The lowest BCUT2D eigenvalue weighted by atomic mass is 9.86. The second kappa shape index (κ2) is 4.37. The molecular weight excluding hydrogens is 250 g/mol. The molecule has 0 aliphatic carbocycles. The minimum atomic E-state index is -0.416. The molecule has 0 bridgehead atoms. The van der Waals surface area contributed by atoms with Gasteiger partial charge in [-0.1, -0.05) is 51.1 Å². The Hall–Kier alpha value is -2.29. The molecule has 3 rings (SSSR count). The van der Waals surface area contributed by atoms with Crippen molar-refractivity contribution >= 4 is 11.1 Å². The van der Waals surface area contributed by atoms with Gasteiger partial charge in [0.25, 0.3) is 0 Å². The first kappa shape index (κ1) is 12.7. The van der Waals surface area contributed by atoms with Gasteiger partial charge in [0, 0.05) is 0 Å². The lowest BCUT2D eigenvalue weighted by molar-refractivity contribution is 0.555. The average Bonchev–Trinajstić information content (AvgIpc) is 2.77. The van der Waals surface area contributed by atoms with Crippen LogP contribution in [0.25, 0.3) is 22.2 Å². The molecule has 0 aliphatic rings. The molecule has 0 atom stereocenters. The zero-order chi connectivity index (χ0) is 14.3. The van der Waals surface area contributed by atoms with Gasteiger partial charge < -0.3 is 4.42 Å². The highest BCUT2D eigenvalue weighted by molar-refractivity contribution is 5.79. The molecule has 20 heavy (non-hydrogen) atoms. The largest absolute Gasteiger partial charge is 0.417 e. The minimum absolute atomic E-state index is 0.149. The Morgan fingerprint density at radius 3 is 2.25 bits per heavy atom. The average molecular weight is 267 g/mol. The van der Waals surface area contributed by atoms with E-state index in [4.69, 9.17) is 4.42 Å². The molecule has 0 amide bonds. The Morgan fingerprint density at radius 2 is 1.60 bits per heavy atom. The number of hydrogen-bond acceptors (Lipinski definition) is 2. The van der Waals surface area contributed by atoms with Crippen LogP contribution in [-0.4, -0.2) is 4.98 Å². The zero-order valence-electron chi connectivity index (χ0n) is 11.9. The summed E-state index contributed by atoms with van der Waals surface area (Å²) < 4.78 is 5.10. The summed E-state index contributed by atoms with van der Waals surface area (Å²) in [5, 5.41) is 0. The Labute approximate surface area is 117 Å². The molecular formula is C17H17NO2. The van der Waals surface area contributed by atoms with Crippen LogP contribution in [0.2, 0.25) is 0 Å². The number of aromatic nitrogens is 1. The van der Waals surface area contributed by atoms with Gasteiger partial charge in [-0.3, -0.25) is 4.98 Å². The molecule has 0 radical (unpaired) electrons. The van der Waals surface area contributed by atoms with Gasteiger partial charge in [0.05, 0.1) is 5.52 Å². The van der Waals surface area contributed by atoms with Crippen molar-refractivity contribution in [1.29, 1.82) is 0 Å². The van der Waals surface area contributed by atoms with E-state index in [-0.39, 0.29) is 5.41 Å². The molecule has 1 aromatic heterocycles. The number of rotatable bonds is 1. The number of oxazole rings is 1. The topological polar surface area (TPSA) is 46.0 Å². The Kier molecular flexibility index (Phi) is 2.78. The predicted octanol–water partition coefficient (Wildman–Crippen LogP) is 4.09. The summed E-state index contributed by atoms with van der Waals surface area (Å²) in [6.45, 7) is 6.59. The maximum Gasteiger partial charge on any atom is 0.417 e. The molecule has 0 aliphatic heterocycles. The van der Waals surface area contributed by atoms with Crippen molar-refractivity contribution in [2.75, 3.05) is 0 Å². The van der Waals surface area contributed by atoms with E-state index in [1.807, 2.05) is 18.2 Å². The summed E-state index contributed by atoms with van der Waals surface area (Å²) in [6, 6.07) is 14.2. The van der Waals surface area contributed by atoms with Crippen LogP contribution in [0, 0.1) is 0 Å². The van der Waals surface area contributed by atoms with Crippen LogP contribution >= 0.6 is 0 Å². The third kappa shape index (κ3) is 2.27. The van der Waals surface area contributed by atoms with Gasteiger partial charge in [0.1, 0.15) is 0 Å². The van der Waals surface area contributed by atoms with E-state index < -0.39 is 5.76 Å². The highest BCUT2D eigenvalue weighted by atomic mass is 16.4. The predicted molar refractivity (Wildman–Crippen MR) is 81.0 cm³/mol. The van der Waals surface area contributed by atoms with Crippen LogP contribution in [0.3, 0.4) is 0 Å². The Balaban J connectivity index is 2.04. The maximum atomic E-state index is 11.2. The standard InChI is InChI=1S/C17H17NO2/c1-17(2,3)13-7-4-11(5-8-13)12-6-9-14-15(10-12)20-16(19)18-14/h4-10H,1-3H3,(H,18,19). The van der Waals surface area contributed by atoms with Gasteiger partial charge in [-0.05, 0) is 34.2 Å². The van der Waals surface area contributed by atoms with Crippen molar-refractivity contribution in [1.82, 2.24) is 4.98 Å². The van der Waals surface area contributed by atoms with E-state index in [1.54, 1.807) is 0 Å². The fourth-order valence-corrected chi connectivity index (χ4v) is 2.29. The smallest absolute Gasteiger partial charge is 0.408 e. The van der Waals surface area contributed by atoms with Gasteiger partial charge in [0.2, 0.25) is 0 Å². The van der Waals surface area contributed by atoms with Crippen molar-refractivity contribution in [2.24, 2.45) is 0 Å². The summed E-state index contributed by atoms with van der Waals surface area (Å²) in [5.74, 6) is -0.416. The minimum Gasteiger partial charge on any atom is -0.408 e. The molecule has 3 aromatic rings. The fourth-order valence-electron chi connectivity index (χ4n) is 2.29. The van der Waals surface area contributed by atoms with Crippen LogP contribution in [0.1, 0.15) is 26.3 Å². The van der Waals surface area contributed by atoms with E-state index in [2.05, 4.69) is 50.0 Å². The van der Waals surface area contributed by atoms with Crippen molar-refractivity contribution in [3.05, 3.63) is 58.6 Å². The first-order chi connectivity index (χ1) is 9.43. The first-order valence-electron chi connectivity index (χ1n) is 6.67. The van der Waals surface area contributed by atoms with E-state index >= 15 is 0 Å². The number of nitrogens with one attached hydrogen (secondary N) is 1. The normalized spacial score (nSPS) is 11.9. The highest BCUT2D eigenvalue weighted by Gasteiger charge is 2.13. The first-order valence-corrected chi connectivity index (χ1v) is 6.67. The number of aromatic amines is 1. The van der Waals surface area contributed by atoms with Crippen LogP contribution < -0.4 is 5.76 Å². The zero-order valence-corrected chi connectivity index (χ0v) is 11.9. The number of hydrogen-bond donors (Lipinski definition) is 1. The third-order valence-electron chi connectivity index (χ3n) is 3.51. The van der Waals surface area contributed by atoms with Gasteiger partial charge in [-0.2, -0.15) is 0 Å². The Morgan fingerprint density at radius 1 is 0.950 bits per heavy atom. The van der Waals surface area contributed by atoms with Gasteiger partial charge in [-0.25, -0.2) is 4.79 Å². The molecule has 2 aromatic carbocycles. The van der Waals surface area contributed by atoms with E-state index in [0.717, 1.165) is 16.6 Å². The SMILES string of the molecule is CC(C)(C)c1ccc(-c2ccc3[nH]c(=O)oc3c2)cc1. The second-order valence-electron chi connectivity index (χ2n) is 6.05. The molecule has 0 unspecified atom stereocenters. The molecule has 3 heteroatoms. The molecule has 1 heterocycles. The van der Waals surface area contributed by atoms with Crippen LogP contribution in [0.4, 0.5) is 0 Å². The fraction of sp³-hybridized carbons (Fsp3) is 0.235. The summed E-state index contributed by atoms with van der Waals surface area (Å²) in [7, 11) is 0. The number of benzene rings is 2. The van der Waals surface area contributed by atoms with E-state index in [1.165, 1.54) is 5.56 Å². The number of H-pyrrole nitrogens is 1. The van der Waals surface area contributed by atoms with Crippen molar-refractivity contribution < 1.29 is 4.42 Å². The molecule has 3 nitrogen and oxygen atoms in total.